The molecule has 0 unspecified atom stereocenters. The van der Waals surface area contributed by atoms with Gasteiger partial charge in [-0.05, 0) is 36.6 Å². The van der Waals surface area contributed by atoms with Crippen LogP contribution in [0.4, 0.5) is 0 Å². The summed E-state index contributed by atoms with van der Waals surface area (Å²) in [6.07, 6.45) is 7.10. The molecule has 4 heterocycles. The van der Waals surface area contributed by atoms with Gasteiger partial charge in [-0.1, -0.05) is 5.16 Å². The molecule has 0 radical (unpaired) electrons. The van der Waals surface area contributed by atoms with Crippen LogP contribution >= 0.6 is 0 Å². The second-order valence-corrected chi connectivity index (χ2v) is 6.60. The number of aromatic nitrogens is 4. The summed E-state index contributed by atoms with van der Waals surface area (Å²) >= 11 is 0. The van der Waals surface area contributed by atoms with Crippen LogP contribution in [-0.4, -0.2) is 37.0 Å². The Hall–Kier alpha value is -2.96. The summed E-state index contributed by atoms with van der Waals surface area (Å²) in [5.74, 6) is 1.29. The maximum atomic E-state index is 12.6. The quantitative estimate of drug-likeness (QED) is 0.722. The number of fused-ring (bicyclic) bond motifs is 1. The zero-order valence-corrected chi connectivity index (χ0v) is 15.0. The van der Waals surface area contributed by atoms with E-state index in [-0.39, 0.29) is 5.91 Å². The van der Waals surface area contributed by atoms with Crippen molar-refractivity contribution in [1.82, 2.24) is 24.6 Å². The molecule has 1 amide bonds. The molecule has 1 aliphatic rings. The van der Waals surface area contributed by atoms with Gasteiger partial charge in [0.05, 0.1) is 0 Å². The molecule has 134 valence electrons. The molecule has 3 aromatic heterocycles. The molecule has 7 heteroatoms. The number of aryl methyl sites for hydroxylation is 3. The van der Waals surface area contributed by atoms with E-state index in [1.165, 1.54) is 5.56 Å². The first-order valence-corrected chi connectivity index (χ1v) is 8.78. The predicted molar refractivity (Wildman–Crippen MR) is 95.2 cm³/mol. The Kier molecular flexibility index (Phi) is 4.28. The Morgan fingerprint density at radius 2 is 2.08 bits per heavy atom. The van der Waals surface area contributed by atoms with Crippen LogP contribution in [0.15, 0.2) is 35.2 Å². The van der Waals surface area contributed by atoms with Crippen LogP contribution < -0.4 is 0 Å². The average molecular weight is 351 g/mol. The minimum Gasteiger partial charge on any atom is -0.354 e. The van der Waals surface area contributed by atoms with E-state index >= 15 is 0 Å². The Morgan fingerprint density at radius 3 is 2.81 bits per heavy atom. The van der Waals surface area contributed by atoms with Crippen LogP contribution in [-0.2, 0) is 24.3 Å². The summed E-state index contributed by atoms with van der Waals surface area (Å²) in [6.45, 7) is 5.71. The maximum Gasteiger partial charge on any atom is 0.224 e. The lowest BCUT2D eigenvalue weighted by Crippen LogP contribution is -2.36. The van der Waals surface area contributed by atoms with Gasteiger partial charge < -0.3 is 14.0 Å². The number of amides is 1. The van der Waals surface area contributed by atoms with Crippen molar-refractivity contribution in [3.05, 3.63) is 53.4 Å². The van der Waals surface area contributed by atoms with Crippen molar-refractivity contribution in [3.63, 3.8) is 0 Å². The van der Waals surface area contributed by atoms with Gasteiger partial charge in [0.2, 0.25) is 17.6 Å². The third kappa shape index (κ3) is 3.12. The lowest BCUT2D eigenvalue weighted by molar-refractivity contribution is -0.132. The molecule has 0 fully saturated rings. The number of nitrogens with zero attached hydrogens (tertiary/aromatic N) is 5. The molecule has 7 nitrogen and oxygen atoms in total. The molecule has 0 bridgehead atoms. The predicted octanol–water partition coefficient (Wildman–Crippen LogP) is 2.52. The molecular weight excluding hydrogens is 330 g/mol. The highest BCUT2D eigenvalue weighted by Crippen LogP contribution is 2.30. The van der Waals surface area contributed by atoms with E-state index in [2.05, 4.69) is 15.1 Å². The maximum absolute atomic E-state index is 12.6. The summed E-state index contributed by atoms with van der Waals surface area (Å²) in [5.41, 5.74) is 4.07. The fourth-order valence-corrected chi connectivity index (χ4v) is 3.46. The fraction of sp³-hybridized carbons (Fsp3) is 0.368. The summed E-state index contributed by atoms with van der Waals surface area (Å²) in [6, 6.07) is 3.94. The van der Waals surface area contributed by atoms with E-state index in [0.717, 1.165) is 23.2 Å². The molecule has 0 aliphatic carbocycles. The Labute approximate surface area is 151 Å². The highest BCUT2D eigenvalue weighted by atomic mass is 16.5. The molecule has 4 rings (SSSR count). The first-order valence-electron chi connectivity index (χ1n) is 8.78. The third-order valence-electron chi connectivity index (χ3n) is 4.81. The van der Waals surface area contributed by atoms with Gasteiger partial charge in [0.25, 0.3) is 0 Å². The van der Waals surface area contributed by atoms with Crippen molar-refractivity contribution in [2.24, 2.45) is 0 Å². The van der Waals surface area contributed by atoms with Gasteiger partial charge in [-0.15, -0.1) is 0 Å². The van der Waals surface area contributed by atoms with Crippen LogP contribution in [0.25, 0.3) is 11.4 Å². The molecule has 0 aromatic carbocycles. The van der Waals surface area contributed by atoms with Gasteiger partial charge in [0.15, 0.2) is 0 Å². The summed E-state index contributed by atoms with van der Waals surface area (Å²) < 4.78 is 7.16. The topological polar surface area (TPSA) is 77.1 Å². The molecule has 26 heavy (non-hydrogen) atoms. The van der Waals surface area contributed by atoms with Crippen molar-refractivity contribution in [2.75, 3.05) is 6.54 Å². The molecule has 0 spiro atoms. The number of carbonyl (C=O) groups excluding carboxylic acids is 1. The van der Waals surface area contributed by atoms with Crippen LogP contribution in [0.5, 0.6) is 0 Å². The highest BCUT2D eigenvalue weighted by molar-refractivity contribution is 5.77. The smallest absolute Gasteiger partial charge is 0.224 e. The summed E-state index contributed by atoms with van der Waals surface area (Å²) in [4.78, 5) is 23.3. The molecule has 0 atom stereocenters. The first kappa shape index (κ1) is 16.5. The number of hydrogen-bond donors (Lipinski definition) is 0. The molecule has 3 aromatic rings. The SMILES string of the molecule is Cc1nc(-c2c(C)ncc3c2CCN(C(=O)CCn2cccc2)C3)no1. The molecule has 0 N–H and O–H groups in total. The number of hydrogen-bond acceptors (Lipinski definition) is 5. The highest BCUT2D eigenvalue weighted by Gasteiger charge is 2.25. The zero-order valence-electron chi connectivity index (χ0n) is 15.0. The third-order valence-corrected chi connectivity index (χ3v) is 4.81. The van der Waals surface area contributed by atoms with Gasteiger partial charge in [0.1, 0.15) is 0 Å². The minimum absolute atomic E-state index is 0.168. The number of carbonyl (C=O) groups is 1. The van der Waals surface area contributed by atoms with Crippen molar-refractivity contribution in [1.29, 1.82) is 0 Å². The number of pyridine rings is 1. The molecule has 1 aliphatic heterocycles. The van der Waals surface area contributed by atoms with Crippen molar-refractivity contribution in [2.45, 2.75) is 39.8 Å². The molecular formula is C19H21N5O2. The Bertz CT molecular complexity index is 930. The monoisotopic (exact) mass is 351 g/mol. The van der Waals surface area contributed by atoms with Gasteiger partial charge in [0, 0.05) is 62.8 Å². The van der Waals surface area contributed by atoms with E-state index in [1.807, 2.05) is 47.1 Å². The van der Waals surface area contributed by atoms with Gasteiger partial charge in [-0.25, -0.2) is 0 Å². The standard InChI is InChI=1S/C19H21N5O2/c1-13-18(19-21-14(2)26-22-19)16-5-10-24(12-15(16)11-20-13)17(25)6-9-23-7-3-4-8-23/h3-4,7-8,11H,5-6,9-10,12H2,1-2H3. The largest absolute Gasteiger partial charge is 0.354 e. The Morgan fingerprint density at radius 1 is 1.27 bits per heavy atom. The summed E-state index contributed by atoms with van der Waals surface area (Å²) in [7, 11) is 0. The van der Waals surface area contributed by atoms with Crippen LogP contribution in [0.3, 0.4) is 0 Å². The molecule has 0 saturated heterocycles. The van der Waals surface area contributed by atoms with Gasteiger partial charge >= 0.3 is 0 Å². The van der Waals surface area contributed by atoms with E-state index in [9.17, 15) is 4.79 Å². The minimum atomic E-state index is 0.168. The van der Waals surface area contributed by atoms with E-state index in [1.54, 1.807) is 6.92 Å². The van der Waals surface area contributed by atoms with E-state index in [4.69, 9.17) is 4.52 Å². The van der Waals surface area contributed by atoms with Crippen LogP contribution in [0.2, 0.25) is 0 Å². The van der Waals surface area contributed by atoms with Gasteiger partial charge in [-0.3, -0.25) is 9.78 Å². The summed E-state index contributed by atoms with van der Waals surface area (Å²) in [5, 5.41) is 4.06. The van der Waals surface area contributed by atoms with Crippen molar-refractivity contribution < 1.29 is 9.32 Å². The van der Waals surface area contributed by atoms with E-state index in [0.29, 0.717) is 37.8 Å². The lowest BCUT2D eigenvalue weighted by Gasteiger charge is -2.30. The second kappa shape index (κ2) is 6.74. The second-order valence-electron chi connectivity index (χ2n) is 6.60. The van der Waals surface area contributed by atoms with Crippen molar-refractivity contribution in [3.8, 4) is 11.4 Å². The number of rotatable bonds is 4. The Balaban J connectivity index is 1.53. The normalized spacial score (nSPS) is 13.7. The fourth-order valence-electron chi connectivity index (χ4n) is 3.46. The van der Waals surface area contributed by atoms with Crippen molar-refractivity contribution >= 4 is 5.91 Å². The molecule has 0 saturated carbocycles. The van der Waals surface area contributed by atoms with Gasteiger partial charge in [-0.2, -0.15) is 4.98 Å². The average Bonchev–Trinajstić information content (AvgIpc) is 3.31. The lowest BCUT2D eigenvalue weighted by atomic mass is 9.94. The van der Waals surface area contributed by atoms with Crippen LogP contribution in [0, 0.1) is 13.8 Å². The zero-order chi connectivity index (χ0) is 18.1. The van der Waals surface area contributed by atoms with E-state index < -0.39 is 0 Å². The first-order chi connectivity index (χ1) is 12.6. The van der Waals surface area contributed by atoms with Crippen LogP contribution in [0.1, 0.15) is 29.1 Å².